The van der Waals surface area contributed by atoms with Crippen molar-refractivity contribution in [2.24, 2.45) is 0 Å². The summed E-state index contributed by atoms with van der Waals surface area (Å²) in [6.07, 6.45) is 0. The molecular weight excluding hydrogens is 142 g/mol. The Morgan fingerprint density at radius 3 is 2.10 bits per heavy atom. The molecule has 0 saturated carbocycles. The second kappa shape index (κ2) is 5.30. The minimum absolute atomic E-state index is 1.25. The van der Waals surface area contributed by atoms with Gasteiger partial charge in [-0.15, -0.1) is 11.3 Å². The predicted octanol–water partition coefficient (Wildman–Crippen LogP) is 3.12. The van der Waals surface area contributed by atoms with E-state index >= 15 is 0 Å². The minimum atomic E-state index is 1.25. The molecule has 1 heterocycles. The van der Waals surface area contributed by atoms with Crippen LogP contribution in [0.15, 0.2) is 10.8 Å². The molecule has 1 nitrogen and oxygen atoms in total. The second-order valence-electron chi connectivity index (χ2n) is 1.72. The Morgan fingerprint density at radius 2 is 1.90 bits per heavy atom. The van der Waals surface area contributed by atoms with Crippen LogP contribution in [0, 0.1) is 6.92 Å². The Balaban J connectivity index is 0.000000371. The van der Waals surface area contributed by atoms with Gasteiger partial charge in [0.05, 0.1) is 0 Å². The molecule has 0 aromatic carbocycles. The van der Waals surface area contributed by atoms with Crippen molar-refractivity contribution >= 4 is 17.0 Å². The van der Waals surface area contributed by atoms with Crippen molar-refractivity contribution in [3.8, 4) is 0 Å². The maximum Gasteiger partial charge on any atom is 0.0475 e. The maximum atomic E-state index is 3.09. The van der Waals surface area contributed by atoms with E-state index in [1.807, 2.05) is 20.9 Å². The fourth-order valence-corrected chi connectivity index (χ4v) is 1.46. The average molecular weight is 157 g/mol. The summed E-state index contributed by atoms with van der Waals surface area (Å²) in [5.74, 6) is 0. The molecule has 1 aromatic heterocycles. The summed E-state index contributed by atoms with van der Waals surface area (Å²) in [7, 11) is 1.94. The van der Waals surface area contributed by atoms with Gasteiger partial charge in [-0.3, -0.25) is 0 Å². The number of hydrogen-bond acceptors (Lipinski definition) is 2. The number of thiophene rings is 1. The highest BCUT2D eigenvalue weighted by molar-refractivity contribution is 7.08. The molecule has 1 aromatic rings. The van der Waals surface area contributed by atoms with Crippen molar-refractivity contribution in [2.75, 3.05) is 12.4 Å². The first-order valence-electron chi connectivity index (χ1n) is 3.55. The fourth-order valence-electron chi connectivity index (χ4n) is 0.617. The van der Waals surface area contributed by atoms with Gasteiger partial charge in [0.1, 0.15) is 0 Å². The fraction of sp³-hybridized carbons (Fsp3) is 0.500. The number of aryl methyl sites for hydroxylation is 1. The largest absolute Gasteiger partial charge is 0.387 e. The van der Waals surface area contributed by atoms with Crippen LogP contribution in [0.25, 0.3) is 0 Å². The van der Waals surface area contributed by atoms with Gasteiger partial charge in [-0.25, -0.2) is 0 Å². The lowest BCUT2D eigenvalue weighted by Crippen LogP contribution is -1.85. The average Bonchev–Trinajstić information content (AvgIpc) is 2.39. The summed E-state index contributed by atoms with van der Waals surface area (Å²) in [6.45, 7) is 6.10. The standard InChI is InChI=1S/C6H9NS.C2H6/c1-5-3-8-4-6(5)7-2;1-2/h3-4,7H,1-2H3;1-2H3. The Morgan fingerprint density at radius 1 is 1.30 bits per heavy atom. The normalized spacial score (nSPS) is 8.00. The Kier molecular flexibility index (Phi) is 5.03. The zero-order valence-corrected chi connectivity index (χ0v) is 7.88. The van der Waals surface area contributed by atoms with E-state index in [1.54, 1.807) is 11.3 Å². The molecule has 2 heteroatoms. The Hall–Kier alpha value is -0.500. The highest BCUT2D eigenvalue weighted by Gasteiger charge is 1.91. The van der Waals surface area contributed by atoms with Crippen LogP contribution in [-0.4, -0.2) is 7.05 Å². The summed E-state index contributed by atoms with van der Waals surface area (Å²) >= 11 is 1.73. The molecule has 0 unspecified atom stereocenters. The lowest BCUT2D eigenvalue weighted by atomic mass is 10.3. The van der Waals surface area contributed by atoms with Gasteiger partial charge in [-0.05, 0) is 17.9 Å². The summed E-state index contributed by atoms with van der Waals surface area (Å²) in [5, 5.41) is 7.32. The molecule has 0 aliphatic rings. The monoisotopic (exact) mass is 157 g/mol. The van der Waals surface area contributed by atoms with Gasteiger partial charge >= 0.3 is 0 Å². The molecule has 0 bridgehead atoms. The molecule has 0 fully saturated rings. The van der Waals surface area contributed by atoms with Crippen LogP contribution >= 0.6 is 11.3 Å². The Bertz CT molecular complexity index is 170. The van der Waals surface area contributed by atoms with Crippen LogP contribution in [0.5, 0.6) is 0 Å². The van der Waals surface area contributed by atoms with Crippen LogP contribution in [-0.2, 0) is 0 Å². The van der Waals surface area contributed by atoms with Crippen molar-refractivity contribution < 1.29 is 0 Å². The number of hydrogen-bond donors (Lipinski definition) is 1. The van der Waals surface area contributed by atoms with Gasteiger partial charge in [-0.1, -0.05) is 13.8 Å². The summed E-state index contributed by atoms with van der Waals surface area (Å²) in [4.78, 5) is 0. The molecule has 0 atom stereocenters. The van der Waals surface area contributed by atoms with Crippen LogP contribution in [0.1, 0.15) is 19.4 Å². The topological polar surface area (TPSA) is 12.0 Å². The van der Waals surface area contributed by atoms with Gasteiger partial charge in [-0.2, -0.15) is 0 Å². The van der Waals surface area contributed by atoms with E-state index in [4.69, 9.17) is 0 Å². The van der Waals surface area contributed by atoms with Crippen LogP contribution in [0.2, 0.25) is 0 Å². The molecule has 0 spiro atoms. The van der Waals surface area contributed by atoms with Crippen LogP contribution < -0.4 is 5.32 Å². The van der Waals surface area contributed by atoms with Gasteiger partial charge < -0.3 is 5.32 Å². The molecule has 10 heavy (non-hydrogen) atoms. The van der Waals surface area contributed by atoms with Crippen LogP contribution in [0.3, 0.4) is 0 Å². The Labute approximate surface area is 67.1 Å². The molecule has 0 aliphatic heterocycles. The molecule has 58 valence electrons. The highest BCUT2D eigenvalue weighted by atomic mass is 32.1. The van der Waals surface area contributed by atoms with E-state index in [9.17, 15) is 0 Å². The van der Waals surface area contributed by atoms with Crippen molar-refractivity contribution in [2.45, 2.75) is 20.8 Å². The maximum absolute atomic E-state index is 3.09. The van der Waals surface area contributed by atoms with Crippen LogP contribution in [0.4, 0.5) is 5.69 Å². The number of rotatable bonds is 1. The van der Waals surface area contributed by atoms with Crippen molar-refractivity contribution in [3.05, 3.63) is 16.3 Å². The molecule has 1 N–H and O–H groups in total. The zero-order valence-electron chi connectivity index (χ0n) is 7.06. The molecule has 0 saturated heterocycles. The van der Waals surface area contributed by atoms with Gasteiger partial charge in [0.2, 0.25) is 0 Å². The first kappa shape index (κ1) is 9.50. The third-order valence-electron chi connectivity index (χ3n) is 1.12. The van der Waals surface area contributed by atoms with Gasteiger partial charge in [0.25, 0.3) is 0 Å². The van der Waals surface area contributed by atoms with E-state index < -0.39 is 0 Å². The summed E-state index contributed by atoms with van der Waals surface area (Å²) in [5.41, 5.74) is 2.58. The van der Waals surface area contributed by atoms with Crippen molar-refractivity contribution in [1.29, 1.82) is 0 Å². The quantitative estimate of drug-likeness (QED) is 0.660. The van der Waals surface area contributed by atoms with E-state index in [0.29, 0.717) is 0 Å². The molecular formula is C8H15NS. The molecule has 1 rings (SSSR count). The predicted molar refractivity (Wildman–Crippen MR) is 50.0 cm³/mol. The molecule has 0 amide bonds. The third kappa shape index (κ3) is 2.40. The first-order chi connectivity index (χ1) is 4.84. The van der Waals surface area contributed by atoms with Gasteiger partial charge in [0.15, 0.2) is 0 Å². The minimum Gasteiger partial charge on any atom is -0.387 e. The lowest BCUT2D eigenvalue weighted by Gasteiger charge is -1.93. The summed E-state index contributed by atoms with van der Waals surface area (Å²) < 4.78 is 0. The van der Waals surface area contributed by atoms with Gasteiger partial charge in [0, 0.05) is 18.1 Å². The summed E-state index contributed by atoms with van der Waals surface area (Å²) in [6, 6.07) is 0. The number of nitrogens with one attached hydrogen (secondary N) is 1. The van der Waals surface area contributed by atoms with Crippen molar-refractivity contribution in [1.82, 2.24) is 0 Å². The second-order valence-corrected chi connectivity index (χ2v) is 2.46. The smallest absolute Gasteiger partial charge is 0.0475 e. The highest BCUT2D eigenvalue weighted by Crippen LogP contribution is 2.17. The van der Waals surface area contributed by atoms with E-state index in [2.05, 4.69) is 23.0 Å². The van der Waals surface area contributed by atoms with E-state index in [1.165, 1.54) is 11.3 Å². The molecule has 0 aliphatic carbocycles. The lowest BCUT2D eigenvalue weighted by molar-refractivity contribution is 1.46. The van der Waals surface area contributed by atoms with E-state index in [-0.39, 0.29) is 0 Å². The third-order valence-corrected chi connectivity index (χ3v) is 1.99. The van der Waals surface area contributed by atoms with Crippen molar-refractivity contribution in [3.63, 3.8) is 0 Å². The zero-order chi connectivity index (χ0) is 7.98. The first-order valence-corrected chi connectivity index (χ1v) is 4.49. The van der Waals surface area contributed by atoms with E-state index in [0.717, 1.165) is 0 Å². The number of anilines is 1. The SMILES string of the molecule is CC.CNc1cscc1C. The molecule has 0 radical (unpaired) electrons.